The first-order valence-electron chi connectivity index (χ1n) is 10.1. The summed E-state index contributed by atoms with van der Waals surface area (Å²) in [5.74, 6) is -0.630. The van der Waals surface area contributed by atoms with Crippen LogP contribution in [0.3, 0.4) is 0 Å². The third kappa shape index (κ3) is 4.64. The summed E-state index contributed by atoms with van der Waals surface area (Å²) in [7, 11) is 0. The van der Waals surface area contributed by atoms with Crippen LogP contribution in [0.4, 0.5) is 5.69 Å². The van der Waals surface area contributed by atoms with Gasteiger partial charge in [-0.1, -0.05) is 30.3 Å². The minimum atomic E-state index is -0.577. The van der Waals surface area contributed by atoms with Gasteiger partial charge >= 0.3 is 0 Å². The highest BCUT2D eigenvalue weighted by Crippen LogP contribution is 2.26. The van der Waals surface area contributed by atoms with E-state index in [-0.39, 0.29) is 17.0 Å². The van der Waals surface area contributed by atoms with E-state index in [1.165, 1.54) is 18.2 Å². The van der Waals surface area contributed by atoms with Gasteiger partial charge in [0.15, 0.2) is 0 Å². The van der Waals surface area contributed by atoms with Gasteiger partial charge in [0.2, 0.25) is 0 Å². The molecule has 33 heavy (non-hydrogen) atoms. The van der Waals surface area contributed by atoms with Crippen LogP contribution in [0, 0.1) is 17.0 Å². The van der Waals surface area contributed by atoms with E-state index >= 15 is 0 Å². The highest BCUT2D eigenvalue weighted by Gasteiger charge is 2.12. The molecule has 0 aliphatic carbocycles. The second kappa shape index (κ2) is 9.19. The molecule has 0 aliphatic rings. The van der Waals surface area contributed by atoms with Crippen LogP contribution < -0.4 is 5.43 Å². The van der Waals surface area contributed by atoms with E-state index in [4.69, 9.17) is 0 Å². The van der Waals surface area contributed by atoms with Crippen molar-refractivity contribution in [3.8, 4) is 22.7 Å². The molecule has 0 saturated carbocycles. The summed E-state index contributed by atoms with van der Waals surface area (Å²) in [5, 5.41) is 24.5. The molecule has 2 N–H and O–H groups in total. The molecule has 0 fully saturated rings. The zero-order valence-electron chi connectivity index (χ0n) is 17.7. The Balaban J connectivity index is 1.50. The Labute approximate surface area is 189 Å². The van der Waals surface area contributed by atoms with Crippen molar-refractivity contribution in [2.24, 2.45) is 5.10 Å². The van der Waals surface area contributed by atoms with E-state index < -0.39 is 10.8 Å². The quantitative estimate of drug-likeness (QED) is 0.254. The number of hydrogen-bond acceptors (Lipinski definition) is 5. The van der Waals surface area contributed by atoms with Crippen molar-refractivity contribution in [1.82, 2.24) is 9.99 Å². The van der Waals surface area contributed by atoms with Crippen LogP contribution in [-0.4, -0.2) is 26.7 Å². The van der Waals surface area contributed by atoms with Crippen molar-refractivity contribution >= 4 is 17.8 Å². The number of rotatable bonds is 6. The molecule has 4 aromatic rings. The molecule has 4 rings (SSSR count). The lowest BCUT2D eigenvalue weighted by Gasteiger charge is -2.12. The van der Waals surface area contributed by atoms with Crippen molar-refractivity contribution in [1.29, 1.82) is 0 Å². The van der Waals surface area contributed by atoms with Gasteiger partial charge in [0.05, 0.1) is 16.8 Å². The Kier molecular flexibility index (Phi) is 5.99. The summed E-state index contributed by atoms with van der Waals surface area (Å²) < 4.78 is 2.11. The number of hydrazone groups is 1. The number of aryl methyl sites for hydroxylation is 1. The Bertz CT molecular complexity index is 1340. The van der Waals surface area contributed by atoms with Gasteiger partial charge < -0.3 is 9.67 Å². The molecule has 0 unspecified atom stereocenters. The van der Waals surface area contributed by atoms with Gasteiger partial charge in [-0.3, -0.25) is 14.9 Å². The van der Waals surface area contributed by atoms with Crippen molar-refractivity contribution in [3.05, 3.63) is 112 Å². The van der Waals surface area contributed by atoms with Gasteiger partial charge in [-0.15, -0.1) is 0 Å². The fraction of sp³-hybridized carbons (Fsp3) is 0.0400. The van der Waals surface area contributed by atoms with Crippen LogP contribution in [0.5, 0.6) is 5.75 Å². The fourth-order valence-electron chi connectivity index (χ4n) is 3.46. The number of nitro benzene ring substituents is 1. The van der Waals surface area contributed by atoms with Crippen molar-refractivity contribution in [2.75, 3.05) is 0 Å². The molecule has 8 nitrogen and oxygen atoms in total. The molecule has 0 saturated heterocycles. The lowest BCUT2D eigenvalue weighted by atomic mass is 10.1. The van der Waals surface area contributed by atoms with Crippen LogP contribution in [0.15, 0.2) is 90.0 Å². The number of carbonyl (C=O) groups excluding carboxylic acids is 1. The third-order valence-corrected chi connectivity index (χ3v) is 5.12. The maximum absolute atomic E-state index is 12.4. The summed E-state index contributed by atoms with van der Waals surface area (Å²) in [6.07, 6.45) is 1.16. The van der Waals surface area contributed by atoms with Gasteiger partial charge in [-0.25, -0.2) is 5.43 Å². The Hall–Kier alpha value is -4.72. The van der Waals surface area contributed by atoms with Crippen molar-refractivity contribution < 1.29 is 14.8 Å². The number of phenolic OH excluding ortho intramolecular Hbond substituents is 1. The lowest BCUT2D eigenvalue weighted by Crippen LogP contribution is -2.17. The molecule has 0 radical (unpaired) electrons. The predicted octanol–water partition coefficient (Wildman–Crippen LogP) is 4.83. The standard InChI is InChI=1S/C25H20N4O4/c1-17-7-13-23(18-5-3-2-4-6-18)28(17)21-10-8-19(9-11-21)25(31)27-26-16-20-15-22(29(32)33)12-14-24(20)30/h2-16,30H,1H3,(H,27,31)/b26-16+. The number of nitrogens with one attached hydrogen (secondary N) is 1. The van der Waals surface area contributed by atoms with E-state index in [1.54, 1.807) is 12.1 Å². The molecule has 0 bridgehead atoms. The minimum Gasteiger partial charge on any atom is -0.507 e. The van der Waals surface area contributed by atoms with Gasteiger partial charge in [0, 0.05) is 34.6 Å². The van der Waals surface area contributed by atoms with E-state index in [1.807, 2.05) is 55.5 Å². The largest absolute Gasteiger partial charge is 0.507 e. The summed E-state index contributed by atoms with van der Waals surface area (Å²) >= 11 is 0. The summed E-state index contributed by atoms with van der Waals surface area (Å²) in [5.41, 5.74) is 6.81. The Morgan fingerprint density at radius 3 is 2.45 bits per heavy atom. The third-order valence-electron chi connectivity index (χ3n) is 5.12. The smallest absolute Gasteiger partial charge is 0.271 e. The average Bonchev–Trinajstić information content (AvgIpc) is 3.22. The highest BCUT2D eigenvalue weighted by molar-refractivity contribution is 5.95. The number of amides is 1. The molecule has 0 aliphatic heterocycles. The fourth-order valence-corrected chi connectivity index (χ4v) is 3.46. The molecule has 3 aromatic carbocycles. The first-order valence-corrected chi connectivity index (χ1v) is 10.1. The van der Waals surface area contributed by atoms with Gasteiger partial charge in [-0.05, 0) is 55.0 Å². The number of aromatic hydroxyl groups is 1. The molecule has 1 heterocycles. The normalized spacial score (nSPS) is 10.9. The Morgan fingerprint density at radius 1 is 1.03 bits per heavy atom. The first kappa shape index (κ1) is 21.5. The minimum absolute atomic E-state index is 0.122. The van der Waals surface area contributed by atoms with E-state index in [0.29, 0.717) is 5.56 Å². The summed E-state index contributed by atoms with van der Waals surface area (Å²) in [6, 6.07) is 24.8. The number of non-ortho nitro benzene ring substituents is 1. The van der Waals surface area contributed by atoms with Crippen LogP contribution >= 0.6 is 0 Å². The van der Waals surface area contributed by atoms with Crippen LogP contribution in [0.1, 0.15) is 21.6 Å². The van der Waals surface area contributed by atoms with Gasteiger partial charge in [-0.2, -0.15) is 5.10 Å². The van der Waals surface area contributed by atoms with Crippen LogP contribution in [-0.2, 0) is 0 Å². The van der Waals surface area contributed by atoms with Crippen molar-refractivity contribution in [2.45, 2.75) is 6.92 Å². The number of phenols is 1. The number of benzene rings is 3. The van der Waals surface area contributed by atoms with E-state index in [9.17, 15) is 20.0 Å². The number of carbonyl (C=O) groups is 1. The predicted molar refractivity (Wildman–Crippen MR) is 126 cm³/mol. The maximum Gasteiger partial charge on any atom is 0.271 e. The second-order valence-corrected chi connectivity index (χ2v) is 7.31. The molecule has 0 spiro atoms. The zero-order valence-corrected chi connectivity index (χ0v) is 17.7. The van der Waals surface area contributed by atoms with Gasteiger partial charge in [0.25, 0.3) is 11.6 Å². The average molecular weight is 440 g/mol. The zero-order chi connectivity index (χ0) is 23.4. The van der Waals surface area contributed by atoms with Crippen LogP contribution in [0.2, 0.25) is 0 Å². The first-order chi connectivity index (χ1) is 15.9. The molecular weight excluding hydrogens is 420 g/mol. The second-order valence-electron chi connectivity index (χ2n) is 7.31. The summed E-state index contributed by atoms with van der Waals surface area (Å²) in [6.45, 7) is 2.02. The number of aromatic nitrogens is 1. The molecular formula is C25H20N4O4. The maximum atomic E-state index is 12.4. The van der Waals surface area contributed by atoms with E-state index in [2.05, 4.69) is 21.2 Å². The number of nitro groups is 1. The molecule has 8 heteroatoms. The number of nitrogens with zero attached hydrogens (tertiary/aromatic N) is 3. The van der Waals surface area contributed by atoms with E-state index in [0.717, 1.165) is 28.9 Å². The molecule has 164 valence electrons. The number of hydrogen-bond donors (Lipinski definition) is 2. The summed E-state index contributed by atoms with van der Waals surface area (Å²) in [4.78, 5) is 22.7. The SMILES string of the molecule is Cc1ccc(-c2ccccc2)n1-c1ccc(C(=O)N/N=C/c2cc([N+](=O)[O-])ccc2O)cc1. The topological polar surface area (TPSA) is 110 Å². The molecule has 0 atom stereocenters. The highest BCUT2D eigenvalue weighted by atomic mass is 16.6. The molecule has 1 amide bonds. The molecule has 1 aromatic heterocycles. The lowest BCUT2D eigenvalue weighted by molar-refractivity contribution is -0.384. The van der Waals surface area contributed by atoms with Crippen molar-refractivity contribution in [3.63, 3.8) is 0 Å². The monoisotopic (exact) mass is 440 g/mol. The Morgan fingerprint density at radius 2 is 1.76 bits per heavy atom. The van der Waals surface area contributed by atoms with Crippen LogP contribution in [0.25, 0.3) is 16.9 Å². The van der Waals surface area contributed by atoms with Gasteiger partial charge in [0.1, 0.15) is 5.75 Å².